The number of benzene rings is 2. The predicted octanol–water partition coefficient (Wildman–Crippen LogP) is 5.80. The highest BCUT2D eigenvalue weighted by molar-refractivity contribution is 6.01. The fraction of sp³-hybridized carbons (Fsp3) is 0.0667. The van der Waals surface area contributed by atoms with Crippen molar-refractivity contribution in [1.29, 1.82) is 0 Å². The van der Waals surface area contributed by atoms with Gasteiger partial charge in [0.25, 0.3) is 0 Å². The molecule has 0 bridgehead atoms. The Morgan fingerprint density at radius 3 is 2.52 bits per heavy atom. The Labute approximate surface area is 227 Å². The molecule has 10 heteroatoms. The number of aromatic nitrogens is 5. The second kappa shape index (κ2) is 9.73. The molecule has 40 heavy (non-hydrogen) atoms. The minimum absolute atomic E-state index is 0.259. The van der Waals surface area contributed by atoms with Crippen LogP contribution >= 0.6 is 0 Å². The number of nitrogens with zero attached hydrogens (tertiary/aromatic N) is 5. The van der Waals surface area contributed by atoms with Gasteiger partial charge in [-0.05, 0) is 42.0 Å². The molecule has 0 amide bonds. The van der Waals surface area contributed by atoms with E-state index < -0.39 is 11.6 Å². The van der Waals surface area contributed by atoms with Gasteiger partial charge in [-0.2, -0.15) is 0 Å². The number of hydrogen-bond donors (Lipinski definition) is 2. The zero-order valence-electron chi connectivity index (χ0n) is 21.4. The Bertz CT molecular complexity index is 2000. The van der Waals surface area contributed by atoms with Crippen LogP contribution in [0, 0.1) is 11.6 Å². The van der Waals surface area contributed by atoms with Gasteiger partial charge in [-0.1, -0.05) is 18.2 Å². The number of halogens is 2. The summed E-state index contributed by atoms with van der Waals surface area (Å²) < 4.78 is 32.7. The number of nitrogen functional groups attached to an aromatic ring is 1. The zero-order valence-corrected chi connectivity index (χ0v) is 21.4. The van der Waals surface area contributed by atoms with E-state index in [4.69, 9.17) is 5.73 Å². The summed E-state index contributed by atoms with van der Waals surface area (Å²) in [6.45, 7) is 4.25. The van der Waals surface area contributed by atoms with Gasteiger partial charge in [0.05, 0.1) is 16.3 Å². The van der Waals surface area contributed by atoms with E-state index in [0.29, 0.717) is 56.4 Å². The summed E-state index contributed by atoms with van der Waals surface area (Å²) in [6, 6.07) is 12.1. The normalized spacial score (nSPS) is 11.3. The van der Waals surface area contributed by atoms with Crippen LogP contribution in [0.3, 0.4) is 0 Å². The van der Waals surface area contributed by atoms with Crippen LogP contribution in [0.2, 0.25) is 0 Å². The van der Waals surface area contributed by atoms with Gasteiger partial charge < -0.3 is 20.2 Å². The summed E-state index contributed by atoms with van der Waals surface area (Å²) >= 11 is 0. The van der Waals surface area contributed by atoms with E-state index in [9.17, 15) is 9.18 Å². The summed E-state index contributed by atoms with van der Waals surface area (Å²) in [7, 11) is 1.80. The molecule has 0 aliphatic rings. The average molecular weight is 536 g/mol. The molecule has 0 aliphatic carbocycles. The van der Waals surface area contributed by atoms with Gasteiger partial charge in [0, 0.05) is 54.6 Å². The number of pyridine rings is 2. The van der Waals surface area contributed by atoms with E-state index in [1.54, 1.807) is 66.6 Å². The molecule has 0 saturated carbocycles. The monoisotopic (exact) mass is 535 g/mol. The molecule has 4 heterocycles. The molecule has 4 aromatic heterocycles. The van der Waals surface area contributed by atoms with E-state index >= 15 is 4.39 Å². The van der Waals surface area contributed by atoms with Gasteiger partial charge in [0.15, 0.2) is 0 Å². The van der Waals surface area contributed by atoms with Crippen molar-refractivity contribution in [1.82, 2.24) is 24.1 Å². The topological polar surface area (TPSA) is 104 Å². The van der Waals surface area contributed by atoms with Crippen LogP contribution in [0.15, 0.2) is 90.9 Å². The lowest BCUT2D eigenvalue weighted by atomic mass is 10.0. The van der Waals surface area contributed by atoms with Crippen LogP contribution in [-0.2, 0) is 13.6 Å². The average Bonchev–Trinajstić information content (AvgIpc) is 3.28. The largest absolute Gasteiger partial charge is 0.383 e. The lowest BCUT2D eigenvalue weighted by Gasteiger charge is -2.15. The third-order valence-corrected chi connectivity index (χ3v) is 6.78. The van der Waals surface area contributed by atoms with E-state index in [1.165, 1.54) is 24.5 Å². The van der Waals surface area contributed by atoms with Crippen LogP contribution in [0.1, 0.15) is 0 Å². The molecule has 0 aliphatic heterocycles. The molecule has 0 atom stereocenters. The van der Waals surface area contributed by atoms with Gasteiger partial charge >= 0.3 is 0 Å². The number of hydrogen-bond acceptors (Lipinski definition) is 6. The van der Waals surface area contributed by atoms with Crippen molar-refractivity contribution in [2.45, 2.75) is 6.54 Å². The van der Waals surface area contributed by atoms with E-state index in [0.717, 1.165) is 0 Å². The minimum Gasteiger partial charge on any atom is -0.383 e. The first kappa shape index (κ1) is 24.9. The maximum Gasteiger partial charge on any atom is 0.200 e. The predicted molar refractivity (Wildman–Crippen MR) is 153 cm³/mol. The van der Waals surface area contributed by atoms with Gasteiger partial charge in [0.2, 0.25) is 5.43 Å². The number of fused-ring (bicyclic) bond motifs is 2. The molecule has 3 N–H and O–H groups in total. The molecule has 198 valence electrons. The molecule has 2 aromatic carbocycles. The van der Waals surface area contributed by atoms with Crippen molar-refractivity contribution in [3.8, 4) is 22.3 Å². The van der Waals surface area contributed by atoms with Crippen molar-refractivity contribution in [2.75, 3.05) is 11.1 Å². The lowest BCUT2D eigenvalue weighted by molar-refractivity contribution is 0.628. The van der Waals surface area contributed by atoms with Crippen LogP contribution in [-0.4, -0.2) is 24.1 Å². The molecule has 0 saturated heterocycles. The molecular weight excluding hydrogens is 512 g/mol. The van der Waals surface area contributed by atoms with Crippen LogP contribution in [0.4, 0.5) is 26.1 Å². The van der Waals surface area contributed by atoms with Crippen molar-refractivity contribution in [2.24, 2.45) is 7.05 Å². The van der Waals surface area contributed by atoms with E-state index in [1.807, 2.05) is 4.57 Å². The van der Waals surface area contributed by atoms with Crippen molar-refractivity contribution < 1.29 is 8.78 Å². The number of aryl methyl sites for hydroxylation is 1. The Morgan fingerprint density at radius 2 is 1.77 bits per heavy atom. The van der Waals surface area contributed by atoms with Crippen molar-refractivity contribution in [3.63, 3.8) is 0 Å². The quantitative estimate of drug-likeness (QED) is 0.261. The number of nitrogens with one attached hydrogen (secondary N) is 1. The van der Waals surface area contributed by atoms with Gasteiger partial charge in [-0.25, -0.2) is 23.7 Å². The number of nitrogens with two attached hydrogens (primary N) is 1. The third-order valence-electron chi connectivity index (χ3n) is 6.78. The second-order valence-electron chi connectivity index (χ2n) is 9.30. The fourth-order valence-electron chi connectivity index (χ4n) is 4.94. The SMILES string of the molecule is C=CCn1cc(-c2ccc(F)cc2)c(=O)c2c(Nc3ccc(-c4cn(C)c5ncnc(N)c45)c(F)c3)nccc21. The summed E-state index contributed by atoms with van der Waals surface area (Å²) in [5, 5.41) is 3.99. The minimum atomic E-state index is -0.503. The maximum absolute atomic E-state index is 15.5. The first-order valence-electron chi connectivity index (χ1n) is 12.4. The molecule has 0 spiro atoms. The smallest absolute Gasteiger partial charge is 0.200 e. The van der Waals surface area contributed by atoms with Crippen molar-refractivity contribution in [3.05, 3.63) is 108 Å². The number of rotatable bonds is 6. The van der Waals surface area contributed by atoms with Gasteiger partial charge in [-0.3, -0.25) is 4.79 Å². The lowest BCUT2D eigenvalue weighted by Crippen LogP contribution is -2.14. The molecule has 8 nitrogen and oxygen atoms in total. The summed E-state index contributed by atoms with van der Waals surface area (Å²) in [5.41, 5.74) is 9.25. The zero-order chi connectivity index (χ0) is 28.0. The highest BCUT2D eigenvalue weighted by Crippen LogP contribution is 2.35. The first-order valence-corrected chi connectivity index (χ1v) is 12.4. The Morgan fingerprint density at radius 1 is 0.975 bits per heavy atom. The maximum atomic E-state index is 15.5. The number of anilines is 3. The standard InChI is InChI=1S/C30H23F2N7O/c1-3-12-39-15-21(17-4-6-18(31)7-5-17)27(40)26-24(39)10-11-34-29(26)37-19-8-9-20(23(32)13-19)22-14-38(2)30-25(22)28(33)35-16-36-30/h3-11,13-16H,1,12H2,2H3,(H,34,37)(H2,33,35,36). The Kier molecular flexibility index (Phi) is 6.07. The van der Waals surface area contributed by atoms with E-state index in [2.05, 4.69) is 26.8 Å². The first-order chi connectivity index (χ1) is 19.4. The molecule has 6 rings (SSSR count). The molecular formula is C30H23F2N7O. The highest BCUT2D eigenvalue weighted by atomic mass is 19.1. The molecule has 0 radical (unpaired) electrons. The van der Waals surface area contributed by atoms with Gasteiger partial charge in [0.1, 0.15) is 35.2 Å². The number of allylic oxidation sites excluding steroid dienone is 1. The highest BCUT2D eigenvalue weighted by Gasteiger charge is 2.18. The summed E-state index contributed by atoms with van der Waals surface area (Å²) in [6.07, 6.45) is 8.13. The van der Waals surface area contributed by atoms with Crippen LogP contribution < -0.4 is 16.5 Å². The molecule has 6 aromatic rings. The van der Waals surface area contributed by atoms with Gasteiger partial charge in [-0.15, -0.1) is 6.58 Å². The molecule has 0 fully saturated rings. The Hall–Kier alpha value is -5.38. The van der Waals surface area contributed by atoms with Crippen LogP contribution in [0.5, 0.6) is 0 Å². The third kappa shape index (κ3) is 4.15. The second-order valence-corrected chi connectivity index (χ2v) is 9.30. The summed E-state index contributed by atoms with van der Waals surface area (Å²) in [5.74, 6) is -0.379. The fourth-order valence-corrected chi connectivity index (χ4v) is 4.94. The Balaban J connectivity index is 1.46. The van der Waals surface area contributed by atoms with E-state index in [-0.39, 0.29) is 17.1 Å². The summed E-state index contributed by atoms with van der Waals surface area (Å²) in [4.78, 5) is 26.5. The van der Waals surface area contributed by atoms with Crippen molar-refractivity contribution >= 4 is 39.3 Å². The van der Waals surface area contributed by atoms with Crippen LogP contribution in [0.25, 0.3) is 44.2 Å². The molecule has 0 unspecified atom stereocenters.